The van der Waals surface area contributed by atoms with E-state index < -0.39 is 9.84 Å². The van der Waals surface area contributed by atoms with Gasteiger partial charge in [-0.1, -0.05) is 6.92 Å². The number of hydrazine groups is 1. The van der Waals surface area contributed by atoms with Crippen molar-refractivity contribution in [2.45, 2.75) is 38.8 Å². The Morgan fingerprint density at radius 3 is 3.00 bits per heavy atom. The summed E-state index contributed by atoms with van der Waals surface area (Å²) in [6, 6.07) is -0.0321. The van der Waals surface area contributed by atoms with Gasteiger partial charge in [0.1, 0.15) is 5.82 Å². The van der Waals surface area contributed by atoms with Crippen molar-refractivity contribution >= 4 is 9.84 Å². The number of aromatic nitrogens is 2. The maximum Gasteiger partial charge on any atom is 0.150 e. The van der Waals surface area contributed by atoms with Crippen molar-refractivity contribution in [3.63, 3.8) is 0 Å². The number of aryl methyl sites for hydroxylation is 1. The molecule has 1 aliphatic rings. The topological polar surface area (TPSA) is 90.0 Å². The van der Waals surface area contributed by atoms with E-state index >= 15 is 0 Å². The summed E-state index contributed by atoms with van der Waals surface area (Å²) in [4.78, 5) is 4.35. The zero-order valence-corrected chi connectivity index (χ0v) is 12.1. The van der Waals surface area contributed by atoms with Crippen LogP contribution in [-0.4, -0.2) is 35.5 Å². The first-order valence-electron chi connectivity index (χ1n) is 6.72. The van der Waals surface area contributed by atoms with E-state index in [2.05, 4.69) is 21.9 Å². The van der Waals surface area contributed by atoms with E-state index in [1.807, 2.05) is 6.20 Å². The summed E-state index contributed by atoms with van der Waals surface area (Å²) >= 11 is 0. The fourth-order valence-corrected chi connectivity index (χ4v) is 4.55. The van der Waals surface area contributed by atoms with E-state index in [9.17, 15) is 8.42 Å². The highest BCUT2D eigenvalue weighted by atomic mass is 32.2. The molecule has 0 bridgehead atoms. The molecule has 7 heteroatoms. The van der Waals surface area contributed by atoms with Crippen molar-refractivity contribution < 1.29 is 8.42 Å². The van der Waals surface area contributed by atoms with Crippen molar-refractivity contribution in [3.05, 3.63) is 18.2 Å². The van der Waals surface area contributed by atoms with Crippen LogP contribution in [-0.2, 0) is 22.8 Å². The van der Waals surface area contributed by atoms with Crippen molar-refractivity contribution in [2.75, 3.05) is 11.5 Å². The first-order chi connectivity index (χ1) is 9.05. The lowest BCUT2D eigenvalue weighted by Crippen LogP contribution is -2.43. The van der Waals surface area contributed by atoms with Crippen LogP contribution in [0.3, 0.4) is 0 Å². The van der Waals surface area contributed by atoms with Crippen molar-refractivity contribution in [1.29, 1.82) is 0 Å². The van der Waals surface area contributed by atoms with Gasteiger partial charge in [0.05, 0.1) is 11.5 Å². The van der Waals surface area contributed by atoms with Gasteiger partial charge >= 0.3 is 0 Å². The van der Waals surface area contributed by atoms with Crippen LogP contribution < -0.4 is 11.3 Å². The molecule has 6 nitrogen and oxygen atoms in total. The van der Waals surface area contributed by atoms with E-state index in [1.165, 1.54) is 0 Å². The monoisotopic (exact) mass is 286 g/mol. The second-order valence-electron chi connectivity index (χ2n) is 5.18. The molecular formula is C12H22N4O2S. The predicted molar refractivity (Wildman–Crippen MR) is 74.1 cm³/mol. The minimum atomic E-state index is -2.87. The lowest BCUT2D eigenvalue weighted by atomic mass is 9.96. The van der Waals surface area contributed by atoms with E-state index in [4.69, 9.17) is 5.84 Å². The molecule has 1 fully saturated rings. The molecule has 2 heterocycles. The zero-order valence-electron chi connectivity index (χ0n) is 11.2. The molecule has 3 N–H and O–H groups in total. The molecule has 0 spiro atoms. The Morgan fingerprint density at radius 2 is 2.42 bits per heavy atom. The van der Waals surface area contributed by atoms with Gasteiger partial charge in [-0.15, -0.1) is 0 Å². The van der Waals surface area contributed by atoms with Crippen molar-refractivity contribution in [3.8, 4) is 0 Å². The standard InChI is InChI=1S/C12H22N4O2S/c1-2-5-16-6-4-14-12(16)8-11(15-13)10-3-7-19(17,18)9-10/h4,6,10-11,15H,2-3,5,7-9,13H2,1H3. The highest BCUT2D eigenvalue weighted by molar-refractivity contribution is 7.91. The summed E-state index contributed by atoms with van der Waals surface area (Å²) in [6.07, 6.45) is 6.14. The van der Waals surface area contributed by atoms with Gasteiger partial charge in [-0.05, 0) is 18.8 Å². The van der Waals surface area contributed by atoms with E-state index in [-0.39, 0.29) is 23.5 Å². The molecule has 19 heavy (non-hydrogen) atoms. The highest BCUT2D eigenvalue weighted by Gasteiger charge is 2.33. The maximum atomic E-state index is 11.5. The highest BCUT2D eigenvalue weighted by Crippen LogP contribution is 2.23. The Bertz CT molecular complexity index is 512. The van der Waals surface area contributed by atoms with Crippen LogP contribution in [0.15, 0.2) is 12.4 Å². The number of nitrogens with one attached hydrogen (secondary N) is 1. The molecular weight excluding hydrogens is 264 g/mol. The van der Waals surface area contributed by atoms with Crippen LogP contribution in [0.1, 0.15) is 25.6 Å². The molecule has 1 aromatic heterocycles. The predicted octanol–water partition coefficient (Wildman–Crippen LogP) is 0.102. The Kier molecular flexibility index (Phi) is 4.59. The minimum absolute atomic E-state index is 0.0321. The van der Waals surface area contributed by atoms with Crippen molar-refractivity contribution in [1.82, 2.24) is 15.0 Å². The van der Waals surface area contributed by atoms with Crippen molar-refractivity contribution in [2.24, 2.45) is 11.8 Å². The Balaban J connectivity index is 2.05. The molecule has 2 atom stereocenters. The molecule has 0 amide bonds. The summed E-state index contributed by atoms with van der Waals surface area (Å²) in [5, 5.41) is 0. The minimum Gasteiger partial charge on any atom is -0.335 e. The third-order valence-electron chi connectivity index (χ3n) is 3.72. The Morgan fingerprint density at radius 1 is 1.63 bits per heavy atom. The summed E-state index contributed by atoms with van der Waals surface area (Å²) < 4.78 is 25.2. The molecule has 1 saturated heterocycles. The van der Waals surface area contributed by atoms with Gasteiger partial charge < -0.3 is 4.57 Å². The molecule has 1 aromatic rings. The van der Waals surface area contributed by atoms with Crippen LogP contribution in [0, 0.1) is 5.92 Å². The summed E-state index contributed by atoms with van der Waals surface area (Å²) in [7, 11) is -2.87. The van der Waals surface area contributed by atoms with E-state index in [0.29, 0.717) is 12.8 Å². The Hall–Kier alpha value is -0.920. The van der Waals surface area contributed by atoms with Gasteiger partial charge in [0.2, 0.25) is 0 Å². The largest absolute Gasteiger partial charge is 0.335 e. The van der Waals surface area contributed by atoms with E-state index in [0.717, 1.165) is 18.8 Å². The first-order valence-corrected chi connectivity index (χ1v) is 8.54. The molecule has 108 valence electrons. The van der Waals surface area contributed by atoms with Gasteiger partial charge in [-0.3, -0.25) is 11.3 Å². The first kappa shape index (κ1) is 14.5. The maximum absolute atomic E-state index is 11.5. The lowest BCUT2D eigenvalue weighted by molar-refractivity contribution is 0.374. The van der Waals surface area contributed by atoms with Crippen LogP contribution >= 0.6 is 0 Å². The average Bonchev–Trinajstić information content (AvgIpc) is 2.93. The Labute approximate surface area is 114 Å². The molecule has 0 radical (unpaired) electrons. The second kappa shape index (κ2) is 6.02. The SMILES string of the molecule is CCCn1ccnc1CC(NN)C1CCS(=O)(=O)C1. The number of hydrogen-bond acceptors (Lipinski definition) is 5. The quantitative estimate of drug-likeness (QED) is 0.572. The van der Waals surface area contributed by atoms with Gasteiger partial charge in [-0.2, -0.15) is 0 Å². The molecule has 2 rings (SSSR count). The summed E-state index contributed by atoms with van der Waals surface area (Å²) in [5.74, 6) is 7.16. The number of imidazole rings is 1. The van der Waals surface area contributed by atoms with Crippen LogP contribution in [0.4, 0.5) is 0 Å². The normalized spacial score (nSPS) is 23.6. The molecule has 1 aliphatic heterocycles. The average molecular weight is 286 g/mol. The summed E-state index contributed by atoms with van der Waals surface area (Å²) in [6.45, 7) is 3.04. The van der Waals surface area contributed by atoms with Crippen LogP contribution in [0.25, 0.3) is 0 Å². The van der Waals surface area contributed by atoms with Gasteiger partial charge in [-0.25, -0.2) is 13.4 Å². The third kappa shape index (κ3) is 3.55. The summed E-state index contributed by atoms with van der Waals surface area (Å²) in [5.41, 5.74) is 2.77. The molecule has 0 aromatic carbocycles. The van der Waals surface area contributed by atoms with Gasteiger partial charge in [0, 0.05) is 31.4 Å². The molecule has 0 aliphatic carbocycles. The van der Waals surface area contributed by atoms with Gasteiger partial charge in [0.15, 0.2) is 9.84 Å². The zero-order chi connectivity index (χ0) is 13.9. The molecule has 2 unspecified atom stereocenters. The van der Waals surface area contributed by atoms with E-state index in [1.54, 1.807) is 6.20 Å². The smallest absolute Gasteiger partial charge is 0.150 e. The number of nitrogens with two attached hydrogens (primary N) is 1. The number of sulfone groups is 1. The number of nitrogens with zero attached hydrogens (tertiary/aromatic N) is 2. The molecule has 0 saturated carbocycles. The van der Waals surface area contributed by atoms with Crippen LogP contribution in [0.2, 0.25) is 0 Å². The fraction of sp³-hybridized carbons (Fsp3) is 0.750. The van der Waals surface area contributed by atoms with Gasteiger partial charge in [0.25, 0.3) is 0 Å². The fourth-order valence-electron chi connectivity index (χ4n) is 2.67. The van der Waals surface area contributed by atoms with Crippen LogP contribution in [0.5, 0.6) is 0 Å². The third-order valence-corrected chi connectivity index (χ3v) is 5.51. The number of hydrogen-bond donors (Lipinski definition) is 2. The number of rotatable bonds is 6. The second-order valence-corrected chi connectivity index (χ2v) is 7.41. The lowest BCUT2D eigenvalue weighted by Gasteiger charge is -2.21.